The van der Waals surface area contributed by atoms with Gasteiger partial charge in [-0.2, -0.15) is 0 Å². The van der Waals surface area contributed by atoms with Gasteiger partial charge in [0.1, 0.15) is 0 Å². The Balaban J connectivity index is 1.93. The minimum absolute atomic E-state index is 0.519. The second-order valence-electron chi connectivity index (χ2n) is 5.76. The molecule has 1 aromatic carbocycles. The van der Waals surface area contributed by atoms with Crippen molar-refractivity contribution in [1.82, 2.24) is 0 Å². The van der Waals surface area contributed by atoms with Crippen LogP contribution in [0.1, 0.15) is 36.0 Å². The highest BCUT2D eigenvalue weighted by atomic mass is 35.5. The van der Waals surface area contributed by atoms with Gasteiger partial charge in [-0.15, -0.1) is 11.6 Å². The maximum absolute atomic E-state index is 6.00. The Morgan fingerprint density at radius 2 is 1.87 bits per heavy atom. The summed E-state index contributed by atoms with van der Waals surface area (Å²) in [6, 6.07) is 6.85. The molecule has 3 aliphatic rings. The van der Waals surface area contributed by atoms with Crippen molar-refractivity contribution in [2.45, 2.75) is 38.5 Å². The first-order valence-corrected chi connectivity index (χ1v) is 6.26. The molecule has 15 heavy (non-hydrogen) atoms. The smallest absolute Gasteiger partial charge is 0.0280 e. The molecule has 0 aromatic heterocycles. The molecule has 4 rings (SSSR count). The van der Waals surface area contributed by atoms with Crippen LogP contribution in [-0.4, -0.2) is 5.88 Å². The van der Waals surface area contributed by atoms with E-state index in [4.69, 9.17) is 11.6 Å². The summed E-state index contributed by atoms with van der Waals surface area (Å²) in [7, 11) is 0. The minimum Gasteiger partial charge on any atom is -0.126 e. The largest absolute Gasteiger partial charge is 0.126 e. The van der Waals surface area contributed by atoms with Crippen molar-refractivity contribution in [1.29, 1.82) is 0 Å². The van der Waals surface area contributed by atoms with Crippen LogP contribution in [-0.2, 0) is 5.41 Å². The van der Waals surface area contributed by atoms with Gasteiger partial charge in [-0.3, -0.25) is 0 Å². The Kier molecular flexibility index (Phi) is 1.81. The molecule has 3 saturated carbocycles. The van der Waals surface area contributed by atoms with Crippen LogP contribution in [0.3, 0.4) is 0 Å². The second-order valence-corrected chi connectivity index (χ2v) is 6.03. The zero-order valence-corrected chi connectivity index (χ0v) is 10.2. The average Bonchev–Trinajstić information content (AvgIpc) is 2.07. The Hall–Kier alpha value is -0.490. The summed E-state index contributed by atoms with van der Waals surface area (Å²) in [4.78, 5) is 0. The van der Waals surface area contributed by atoms with Crippen molar-refractivity contribution >= 4 is 11.6 Å². The van der Waals surface area contributed by atoms with E-state index in [9.17, 15) is 0 Å². The Morgan fingerprint density at radius 1 is 1.20 bits per heavy atom. The van der Waals surface area contributed by atoms with Gasteiger partial charge in [0.25, 0.3) is 0 Å². The zero-order valence-electron chi connectivity index (χ0n) is 9.44. The fourth-order valence-electron chi connectivity index (χ4n) is 3.73. The van der Waals surface area contributed by atoms with Gasteiger partial charge in [-0.1, -0.05) is 23.8 Å². The summed E-state index contributed by atoms with van der Waals surface area (Å²) in [5, 5.41) is 0. The average molecular weight is 221 g/mol. The lowest BCUT2D eigenvalue weighted by atomic mass is 9.34. The van der Waals surface area contributed by atoms with E-state index in [2.05, 4.69) is 32.0 Å². The summed E-state index contributed by atoms with van der Waals surface area (Å²) in [6.45, 7) is 4.42. The van der Waals surface area contributed by atoms with E-state index in [1.807, 2.05) is 0 Å². The van der Waals surface area contributed by atoms with E-state index >= 15 is 0 Å². The quantitative estimate of drug-likeness (QED) is 0.662. The summed E-state index contributed by atoms with van der Waals surface area (Å²) < 4.78 is 0. The molecule has 0 amide bonds. The summed E-state index contributed by atoms with van der Waals surface area (Å²) in [5.74, 6) is 0.861. The van der Waals surface area contributed by atoms with Gasteiger partial charge >= 0.3 is 0 Å². The van der Waals surface area contributed by atoms with Crippen LogP contribution in [0.15, 0.2) is 18.2 Å². The molecule has 0 radical (unpaired) electrons. The molecule has 0 aliphatic heterocycles. The third-order valence-electron chi connectivity index (χ3n) is 4.39. The number of hydrogen-bond donors (Lipinski definition) is 0. The summed E-state index contributed by atoms with van der Waals surface area (Å²) >= 11 is 6.00. The molecule has 3 aliphatic carbocycles. The van der Waals surface area contributed by atoms with Gasteiger partial charge < -0.3 is 0 Å². The van der Waals surface area contributed by atoms with Crippen molar-refractivity contribution in [3.05, 3.63) is 34.9 Å². The third kappa shape index (κ3) is 1.15. The van der Waals surface area contributed by atoms with Crippen molar-refractivity contribution in [3.63, 3.8) is 0 Å². The van der Waals surface area contributed by atoms with E-state index in [1.54, 1.807) is 5.56 Å². The maximum atomic E-state index is 6.00. The number of rotatable bonds is 2. The molecule has 2 bridgehead atoms. The highest BCUT2D eigenvalue weighted by molar-refractivity contribution is 6.18. The molecule has 0 spiro atoms. The lowest BCUT2D eigenvalue weighted by Crippen LogP contribution is -2.65. The van der Waals surface area contributed by atoms with Crippen molar-refractivity contribution < 1.29 is 0 Å². The molecule has 0 N–H and O–H groups in total. The van der Waals surface area contributed by atoms with Crippen LogP contribution >= 0.6 is 11.6 Å². The summed E-state index contributed by atoms with van der Waals surface area (Å²) in [6.07, 6.45) is 3.98. The molecule has 0 heterocycles. The SMILES string of the molecule is Cc1ccc(C)c(C23CC(CCl)(C2)C3)c1. The standard InChI is InChI=1S/C14H17Cl/c1-10-3-4-11(2)12(5-10)14-6-13(7-14,8-14)9-15/h3-5H,6-9H2,1-2H3. The first kappa shape index (κ1) is 9.72. The normalized spacial score (nSPS) is 37.0. The predicted octanol–water partition coefficient (Wildman–Crippen LogP) is 3.96. The van der Waals surface area contributed by atoms with Crippen LogP contribution in [0, 0.1) is 19.3 Å². The van der Waals surface area contributed by atoms with Crippen LogP contribution in [0.25, 0.3) is 0 Å². The van der Waals surface area contributed by atoms with Crippen LogP contribution in [0.5, 0.6) is 0 Å². The predicted molar refractivity (Wildman–Crippen MR) is 64.6 cm³/mol. The van der Waals surface area contributed by atoms with Gasteiger partial charge in [0.2, 0.25) is 0 Å². The molecule has 1 heteroatoms. The Labute approximate surface area is 96.6 Å². The van der Waals surface area contributed by atoms with E-state index in [0.29, 0.717) is 10.8 Å². The van der Waals surface area contributed by atoms with Crippen molar-refractivity contribution in [3.8, 4) is 0 Å². The fourth-order valence-corrected chi connectivity index (χ4v) is 4.02. The molecule has 3 fully saturated rings. The van der Waals surface area contributed by atoms with E-state index in [-0.39, 0.29) is 0 Å². The van der Waals surface area contributed by atoms with Crippen LogP contribution in [0.4, 0.5) is 0 Å². The van der Waals surface area contributed by atoms with Crippen molar-refractivity contribution in [2.75, 3.05) is 5.88 Å². The molecule has 0 saturated heterocycles. The van der Waals surface area contributed by atoms with Crippen LogP contribution < -0.4 is 0 Å². The fraction of sp³-hybridized carbons (Fsp3) is 0.571. The number of halogens is 1. The van der Waals surface area contributed by atoms with E-state index in [0.717, 1.165) is 5.88 Å². The Bertz CT molecular complexity index is 400. The van der Waals surface area contributed by atoms with Gasteiger partial charge in [-0.05, 0) is 55.1 Å². The topological polar surface area (TPSA) is 0 Å². The lowest BCUT2D eigenvalue weighted by molar-refractivity contribution is -0.122. The van der Waals surface area contributed by atoms with Crippen LogP contribution in [0.2, 0.25) is 0 Å². The van der Waals surface area contributed by atoms with E-state index in [1.165, 1.54) is 30.4 Å². The van der Waals surface area contributed by atoms with E-state index < -0.39 is 0 Å². The molecule has 0 nitrogen and oxygen atoms in total. The lowest BCUT2D eigenvalue weighted by Gasteiger charge is -2.71. The number of benzene rings is 1. The Morgan fingerprint density at radius 3 is 2.47 bits per heavy atom. The summed E-state index contributed by atoms with van der Waals surface area (Å²) in [5.41, 5.74) is 5.49. The minimum atomic E-state index is 0.519. The van der Waals surface area contributed by atoms with Gasteiger partial charge in [0.05, 0.1) is 0 Å². The highest BCUT2D eigenvalue weighted by Gasteiger charge is 2.67. The first-order valence-electron chi connectivity index (χ1n) is 5.73. The van der Waals surface area contributed by atoms with Gasteiger partial charge in [0.15, 0.2) is 0 Å². The zero-order chi connectivity index (χ0) is 10.7. The molecular formula is C14H17Cl. The van der Waals surface area contributed by atoms with Gasteiger partial charge in [-0.25, -0.2) is 0 Å². The van der Waals surface area contributed by atoms with Crippen molar-refractivity contribution in [2.24, 2.45) is 5.41 Å². The first-order chi connectivity index (χ1) is 7.09. The molecule has 1 aromatic rings. The molecule has 80 valence electrons. The second kappa shape index (κ2) is 2.79. The monoisotopic (exact) mass is 220 g/mol. The molecule has 0 unspecified atom stereocenters. The number of alkyl halides is 1. The molecular weight excluding hydrogens is 204 g/mol. The number of hydrogen-bond acceptors (Lipinski definition) is 0. The van der Waals surface area contributed by atoms with Gasteiger partial charge in [0, 0.05) is 5.88 Å². The highest BCUT2D eigenvalue weighted by Crippen LogP contribution is 2.74. The number of aryl methyl sites for hydroxylation is 2. The third-order valence-corrected chi connectivity index (χ3v) is 4.96. The molecule has 0 atom stereocenters. The maximum Gasteiger partial charge on any atom is 0.0280 e.